The van der Waals surface area contributed by atoms with Crippen molar-refractivity contribution in [2.24, 2.45) is 0 Å². The average molecular weight is 228 g/mol. The Morgan fingerprint density at radius 3 is 2.59 bits per heavy atom. The van der Waals surface area contributed by atoms with Gasteiger partial charge in [0.15, 0.2) is 0 Å². The third kappa shape index (κ3) is 2.56. The van der Waals surface area contributed by atoms with E-state index in [9.17, 15) is 4.79 Å². The molecule has 0 spiro atoms. The second-order valence-electron chi connectivity index (χ2n) is 4.36. The molecule has 0 fully saturated rings. The molecule has 3 heteroatoms. The molecule has 2 N–H and O–H groups in total. The van der Waals surface area contributed by atoms with E-state index in [-0.39, 0.29) is 5.56 Å². The summed E-state index contributed by atoms with van der Waals surface area (Å²) in [5, 5.41) is 0. The lowest BCUT2D eigenvalue weighted by Crippen LogP contribution is -2.19. The summed E-state index contributed by atoms with van der Waals surface area (Å²) >= 11 is 0. The van der Waals surface area contributed by atoms with Gasteiger partial charge in [0.25, 0.3) is 5.56 Å². The fourth-order valence-electron chi connectivity index (χ4n) is 1.86. The van der Waals surface area contributed by atoms with Crippen LogP contribution in [0.5, 0.6) is 0 Å². The molecule has 2 rings (SSSR count). The molecule has 3 nitrogen and oxygen atoms in total. The molecule has 0 saturated carbocycles. The molecule has 0 bridgehead atoms. The molecule has 0 aliphatic rings. The first kappa shape index (κ1) is 11.5. The number of hydrogen-bond acceptors (Lipinski definition) is 2. The van der Waals surface area contributed by atoms with E-state index in [0.29, 0.717) is 12.2 Å². The number of benzene rings is 1. The molecule has 0 aliphatic heterocycles. The van der Waals surface area contributed by atoms with E-state index in [1.807, 2.05) is 0 Å². The van der Waals surface area contributed by atoms with Crippen molar-refractivity contribution >= 4 is 5.69 Å². The Bertz CT molecular complexity index is 599. The third-order valence-corrected chi connectivity index (χ3v) is 2.86. The monoisotopic (exact) mass is 228 g/mol. The van der Waals surface area contributed by atoms with Gasteiger partial charge in [-0.05, 0) is 31.0 Å². The molecule has 0 amide bonds. The number of pyridine rings is 1. The molecule has 0 unspecified atom stereocenters. The summed E-state index contributed by atoms with van der Waals surface area (Å²) in [5.74, 6) is 0. The number of aromatic nitrogens is 1. The lowest BCUT2D eigenvalue weighted by molar-refractivity contribution is 0.756. The molecule has 0 atom stereocenters. The summed E-state index contributed by atoms with van der Waals surface area (Å²) in [5.41, 5.74) is 9.59. The fraction of sp³-hybridized carbons (Fsp3) is 0.214. The van der Waals surface area contributed by atoms with E-state index < -0.39 is 0 Å². The van der Waals surface area contributed by atoms with Gasteiger partial charge < -0.3 is 10.3 Å². The first-order chi connectivity index (χ1) is 8.06. The molecule has 0 aliphatic carbocycles. The van der Waals surface area contributed by atoms with Crippen LogP contribution in [0, 0.1) is 13.8 Å². The molecule has 17 heavy (non-hydrogen) atoms. The van der Waals surface area contributed by atoms with Gasteiger partial charge in [-0.25, -0.2) is 0 Å². The van der Waals surface area contributed by atoms with Gasteiger partial charge in [-0.2, -0.15) is 0 Å². The van der Waals surface area contributed by atoms with Gasteiger partial charge in [0.1, 0.15) is 0 Å². The van der Waals surface area contributed by atoms with Crippen LogP contribution in [-0.4, -0.2) is 4.57 Å². The summed E-state index contributed by atoms with van der Waals surface area (Å²) in [6.45, 7) is 4.71. The maximum absolute atomic E-state index is 11.7. The number of nitrogens with zero attached hydrogens (tertiary/aromatic N) is 1. The van der Waals surface area contributed by atoms with Crippen molar-refractivity contribution < 1.29 is 0 Å². The highest BCUT2D eigenvalue weighted by molar-refractivity contribution is 5.35. The Kier molecular flexibility index (Phi) is 3.00. The van der Waals surface area contributed by atoms with Crippen molar-refractivity contribution in [1.29, 1.82) is 0 Å². The van der Waals surface area contributed by atoms with Gasteiger partial charge in [0, 0.05) is 18.0 Å². The molecule has 2 aromatic rings. The van der Waals surface area contributed by atoms with Crippen LogP contribution in [0.4, 0.5) is 5.69 Å². The summed E-state index contributed by atoms with van der Waals surface area (Å²) < 4.78 is 1.66. The van der Waals surface area contributed by atoms with Crippen molar-refractivity contribution in [2.75, 3.05) is 5.73 Å². The van der Waals surface area contributed by atoms with E-state index in [1.54, 1.807) is 16.8 Å². The zero-order chi connectivity index (χ0) is 12.4. The van der Waals surface area contributed by atoms with Crippen LogP contribution >= 0.6 is 0 Å². The van der Waals surface area contributed by atoms with Crippen molar-refractivity contribution in [3.8, 4) is 0 Å². The lowest BCUT2D eigenvalue weighted by atomic mass is 10.1. The van der Waals surface area contributed by atoms with Crippen molar-refractivity contribution in [3.05, 3.63) is 63.6 Å². The zero-order valence-electron chi connectivity index (χ0n) is 10.1. The van der Waals surface area contributed by atoms with E-state index in [2.05, 4.69) is 32.0 Å². The van der Waals surface area contributed by atoms with Gasteiger partial charge >= 0.3 is 0 Å². The van der Waals surface area contributed by atoms with Crippen LogP contribution in [0.3, 0.4) is 0 Å². The van der Waals surface area contributed by atoms with Crippen LogP contribution < -0.4 is 11.3 Å². The molecule has 1 aromatic heterocycles. The van der Waals surface area contributed by atoms with Crippen molar-refractivity contribution in [1.82, 2.24) is 4.57 Å². The van der Waals surface area contributed by atoms with Crippen LogP contribution in [0.25, 0.3) is 0 Å². The van der Waals surface area contributed by atoms with Gasteiger partial charge in [-0.1, -0.05) is 23.8 Å². The summed E-state index contributed by atoms with van der Waals surface area (Å²) in [6, 6.07) is 9.43. The second kappa shape index (κ2) is 4.45. The van der Waals surface area contributed by atoms with Gasteiger partial charge in [0.2, 0.25) is 0 Å². The maximum Gasteiger partial charge on any atom is 0.252 e. The van der Waals surface area contributed by atoms with Crippen molar-refractivity contribution in [3.63, 3.8) is 0 Å². The van der Waals surface area contributed by atoms with Gasteiger partial charge in [-0.3, -0.25) is 4.79 Å². The molecule has 0 radical (unpaired) electrons. The molecule has 88 valence electrons. The lowest BCUT2D eigenvalue weighted by Gasteiger charge is -2.09. The zero-order valence-corrected chi connectivity index (χ0v) is 10.1. The SMILES string of the molecule is Cc1ccc(Cn2ccc(N)cc2=O)c(C)c1. The Balaban J connectivity index is 2.35. The number of nitrogen functional groups attached to an aromatic ring is 1. The second-order valence-corrected chi connectivity index (χ2v) is 4.36. The minimum Gasteiger partial charge on any atom is -0.399 e. The van der Waals surface area contributed by atoms with E-state index in [4.69, 9.17) is 5.73 Å². The summed E-state index contributed by atoms with van der Waals surface area (Å²) in [6.07, 6.45) is 1.73. The maximum atomic E-state index is 11.7. The predicted octanol–water partition coefficient (Wildman–Crippen LogP) is 2.10. The number of hydrogen-bond donors (Lipinski definition) is 1. The molecular formula is C14H16N2O. The Morgan fingerprint density at radius 1 is 1.18 bits per heavy atom. The topological polar surface area (TPSA) is 48.0 Å². The highest BCUT2D eigenvalue weighted by atomic mass is 16.1. The Hall–Kier alpha value is -2.03. The van der Waals surface area contributed by atoms with E-state index in [1.165, 1.54) is 17.2 Å². The van der Waals surface area contributed by atoms with E-state index in [0.717, 1.165) is 5.56 Å². The first-order valence-corrected chi connectivity index (χ1v) is 5.58. The van der Waals surface area contributed by atoms with E-state index >= 15 is 0 Å². The molecule has 0 saturated heterocycles. The molecular weight excluding hydrogens is 212 g/mol. The van der Waals surface area contributed by atoms with Gasteiger partial charge in [0.05, 0.1) is 6.54 Å². The fourth-order valence-corrected chi connectivity index (χ4v) is 1.86. The number of rotatable bonds is 2. The highest BCUT2D eigenvalue weighted by Crippen LogP contribution is 2.11. The Labute approximate surface area is 101 Å². The van der Waals surface area contributed by atoms with Crippen LogP contribution in [0.15, 0.2) is 41.3 Å². The number of nitrogens with two attached hydrogens (primary N) is 1. The highest BCUT2D eigenvalue weighted by Gasteiger charge is 2.01. The van der Waals surface area contributed by atoms with Gasteiger partial charge in [-0.15, -0.1) is 0 Å². The summed E-state index contributed by atoms with van der Waals surface area (Å²) in [4.78, 5) is 11.7. The predicted molar refractivity (Wildman–Crippen MR) is 70.1 cm³/mol. The number of aryl methyl sites for hydroxylation is 2. The average Bonchev–Trinajstić information content (AvgIpc) is 2.25. The quantitative estimate of drug-likeness (QED) is 0.855. The normalized spacial score (nSPS) is 10.5. The smallest absolute Gasteiger partial charge is 0.252 e. The first-order valence-electron chi connectivity index (χ1n) is 5.58. The minimum atomic E-state index is -0.0648. The van der Waals surface area contributed by atoms with Crippen LogP contribution in [0.1, 0.15) is 16.7 Å². The number of anilines is 1. The standard InChI is InChI=1S/C14H16N2O/c1-10-3-4-12(11(2)7-10)9-16-6-5-13(15)8-14(16)17/h3-8H,9,15H2,1-2H3. The minimum absolute atomic E-state index is 0.0648. The molecule has 1 heterocycles. The summed E-state index contributed by atoms with van der Waals surface area (Å²) in [7, 11) is 0. The largest absolute Gasteiger partial charge is 0.399 e. The van der Waals surface area contributed by atoms with Crippen LogP contribution in [0.2, 0.25) is 0 Å². The third-order valence-electron chi connectivity index (χ3n) is 2.86. The molecule has 1 aromatic carbocycles. The van der Waals surface area contributed by atoms with Crippen LogP contribution in [-0.2, 0) is 6.54 Å². The Morgan fingerprint density at radius 2 is 1.94 bits per heavy atom. The van der Waals surface area contributed by atoms with Crippen molar-refractivity contribution in [2.45, 2.75) is 20.4 Å².